The summed E-state index contributed by atoms with van der Waals surface area (Å²) in [6.07, 6.45) is 0. The molecule has 0 saturated carbocycles. The molecule has 0 saturated heterocycles. The Kier molecular flexibility index (Phi) is 3.51. The number of aryl methyl sites for hydroxylation is 1. The van der Waals surface area contributed by atoms with Crippen LogP contribution in [0.3, 0.4) is 0 Å². The number of benzene rings is 2. The van der Waals surface area contributed by atoms with E-state index in [0.29, 0.717) is 28.3 Å². The van der Waals surface area contributed by atoms with Crippen molar-refractivity contribution in [2.45, 2.75) is 13.8 Å². The molecular weight excluding hydrogens is 245 g/mol. The maximum absolute atomic E-state index is 13.0. The SMILES string of the molecule is CC(=O)c1ccc(Oc2ccc(F)cc2C)cc1N. The molecule has 0 aliphatic heterocycles. The third kappa shape index (κ3) is 2.91. The molecule has 2 aromatic carbocycles. The second-order valence-corrected chi connectivity index (χ2v) is 4.32. The molecule has 0 atom stereocenters. The fourth-order valence-electron chi connectivity index (χ4n) is 1.78. The normalized spacial score (nSPS) is 10.3. The van der Waals surface area contributed by atoms with Crippen LogP contribution in [0.1, 0.15) is 22.8 Å². The molecule has 2 N–H and O–H groups in total. The Bertz CT molecular complexity index is 638. The summed E-state index contributed by atoms with van der Waals surface area (Å²) in [6.45, 7) is 3.21. The first-order chi connectivity index (χ1) is 8.97. The first kappa shape index (κ1) is 13.1. The number of halogens is 1. The van der Waals surface area contributed by atoms with Gasteiger partial charge in [-0.1, -0.05) is 0 Å². The lowest BCUT2D eigenvalue weighted by atomic mass is 10.1. The molecule has 0 aromatic heterocycles. The van der Waals surface area contributed by atoms with Crippen LogP contribution >= 0.6 is 0 Å². The molecule has 0 amide bonds. The smallest absolute Gasteiger partial charge is 0.161 e. The number of ketones is 1. The zero-order valence-corrected chi connectivity index (χ0v) is 10.7. The monoisotopic (exact) mass is 259 g/mol. The Morgan fingerprint density at radius 3 is 2.53 bits per heavy atom. The maximum Gasteiger partial charge on any atom is 0.161 e. The minimum absolute atomic E-state index is 0.0954. The fraction of sp³-hybridized carbons (Fsp3) is 0.133. The molecule has 4 heteroatoms. The lowest BCUT2D eigenvalue weighted by molar-refractivity contribution is 0.101. The average Bonchev–Trinajstić information content (AvgIpc) is 2.32. The number of nitrogen functional groups attached to an aromatic ring is 1. The topological polar surface area (TPSA) is 52.3 Å². The van der Waals surface area contributed by atoms with E-state index in [-0.39, 0.29) is 11.6 Å². The van der Waals surface area contributed by atoms with Gasteiger partial charge in [-0.15, -0.1) is 0 Å². The maximum atomic E-state index is 13.0. The number of carbonyl (C=O) groups is 1. The van der Waals surface area contributed by atoms with Gasteiger partial charge in [-0.25, -0.2) is 4.39 Å². The second-order valence-electron chi connectivity index (χ2n) is 4.32. The highest BCUT2D eigenvalue weighted by molar-refractivity contribution is 5.99. The van der Waals surface area contributed by atoms with Gasteiger partial charge in [0.2, 0.25) is 0 Å². The van der Waals surface area contributed by atoms with Crippen LogP contribution in [-0.4, -0.2) is 5.78 Å². The summed E-state index contributed by atoms with van der Waals surface area (Å²) >= 11 is 0. The average molecular weight is 259 g/mol. The van der Waals surface area contributed by atoms with Gasteiger partial charge >= 0.3 is 0 Å². The van der Waals surface area contributed by atoms with Crippen molar-refractivity contribution in [2.75, 3.05) is 5.73 Å². The molecule has 0 heterocycles. The molecule has 2 rings (SSSR count). The van der Waals surface area contributed by atoms with Gasteiger partial charge < -0.3 is 10.5 Å². The van der Waals surface area contributed by atoms with E-state index in [9.17, 15) is 9.18 Å². The summed E-state index contributed by atoms with van der Waals surface area (Å²) < 4.78 is 18.6. The van der Waals surface area contributed by atoms with Gasteiger partial charge in [0.1, 0.15) is 17.3 Å². The van der Waals surface area contributed by atoms with E-state index < -0.39 is 0 Å². The third-order valence-electron chi connectivity index (χ3n) is 2.77. The van der Waals surface area contributed by atoms with Gasteiger partial charge in [0.05, 0.1) is 0 Å². The van der Waals surface area contributed by atoms with Crippen LogP contribution in [-0.2, 0) is 0 Å². The van der Waals surface area contributed by atoms with Gasteiger partial charge in [-0.3, -0.25) is 4.79 Å². The molecule has 0 fully saturated rings. The van der Waals surface area contributed by atoms with Gasteiger partial charge in [0, 0.05) is 17.3 Å². The third-order valence-corrected chi connectivity index (χ3v) is 2.77. The van der Waals surface area contributed by atoms with E-state index >= 15 is 0 Å². The Labute approximate surface area is 110 Å². The molecule has 98 valence electrons. The number of anilines is 1. The molecule has 2 aromatic rings. The Balaban J connectivity index is 2.29. The van der Waals surface area contributed by atoms with Gasteiger partial charge in [-0.2, -0.15) is 0 Å². The first-order valence-electron chi connectivity index (χ1n) is 5.82. The summed E-state index contributed by atoms with van der Waals surface area (Å²) in [6, 6.07) is 9.14. The first-order valence-corrected chi connectivity index (χ1v) is 5.82. The van der Waals surface area contributed by atoms with Crippen molar-refractivity contribution in [3.8, 4) is 11.5 Å². The lowest BCUT2D eigenvalue weighted by Crippen LogP contribution is -1.99. The van der Waals surface area contributed by atoms with Crippen LogP contribution in [0.15, 0.2) is 36.4 Å². The summed E-state index contributed by atoms with van der Waals surface area (Å²) in [5.41, 5.74) is 7.29. The number of carbonyl (C=O) groups excluding carboxylic acids is 1. The number of ether oxygens (including phenoxy) is 1. The van der Waals surface area contributed by atoms with Crippen molar-refractivity contribution in [1.82, 2.24) is 0 Å². The quantitative estimate of drug-likeness (QED) is 0.675. The molecular formula is C15H14FNO2. The molecule has 19 heavy (non-hydrogen) atoms. The zero-order chi connectivity index (χ0) is 14.0. The van der Waals surface area contributed by atoms with Crippen LogP contribution in [0.2, 0.25) is 0 Å². The number of hydrogen-bond acceptors (Lipinski definition) is 3. The number of hydrogen-bond donors (Lipinski definition) is 1. The largest absolute Gasteiger partial charge is 0.457 e. The van der Waals surface area contributed by atoms with E-state index in [2.05, 4.69) is 0 Å². The lowest BCUT2D eigenvalue weighted by Gasteiger charge is -2.10. The van der Waals surface area contributed by atoms with E-state index in [4.69, 9.17) is 10.5 Å². The summed E-state index contributed by atoms with van der Waals surface area (Å²) in [5.74, 6) is 0.659. The van der Waals surface area contributed by atoms with Crippen molar-refractivity contribution in [3.05, 3.63) is 53.3 Å². The molecule has 0 aliphatic rings. The highest BCUT2D eigenvalue weighted by atomic mass is 19.1. The standard InChI is InChI=1S/C15H14FNO2/c1-9-7-11(16)3-6-15(9)19-12-4-5-13(10(2)18)14(17)8-12/h3-8H,17H2,1-2H3. The molecule has 0 aliphatic carbocycles. The highest BCUT2D eigenvalue weighted by Gasteiger charge is 2.08. The molecule has 0 unspecified atom stereocenters. The number of nitrogens with two attached hydrogens (primary N) is 1. The van der Waals surface area contributed by atoms with Crippen LogP contribution in [0, 0.1) is 12.7 Å². The van der Waals surface area contributed by atoms with Crippen molar-refractivity contribution in [2.24, 2.45) is 0 Å². The minimum Gasteiger partial charge on any atom is -0.457 e. The molecule has 0 spiro atoms. The van der Waals surface area contributed by atoms with E-state index in [0.717, 1.165) is 0 Å². The number of rotatable bonds is 3. The fourth-order valence-corrected chi connectivity index (χ4v) is 1.78. The Morgan fingerprint density at radius 2 is 1.95 bits per heavy atom. The van der Waals surface area contributed by atoms with E-state index in [1.807, 2.05) is 0 Å². The predicted molar refractivity (Wildman–Crippen MR) is 72.1 cm³/mol. The molecule has 3 nitrogen and oxygen atoms in total. The van der Waals surface area contributed by atoms with Crippen LogP contribution in [0.4, 0.5) is 10.1 Å². The van der Waals surface area contributed by atoms with E-state index in [1.165, 1.54) is 19.1 Å². The second kappa shape index (κ2) is 5.10. The molecule has 0 bridgehead atoms. The summed E-state index contributed by atoms with van der Waals surface area (Å²) in [5, 5.41) is 0. The zero-order valence-electron chi connectivity index (χ0n) is 10.7. The van der Waals surface area contributed by atoms with Crippen molar-refractivity contribution in [3.63, 3.8) is 0 Å². The van der Waals surface area contributed by atoms with Crippen molar-refractivity contribution in [1.29, 1.82) is 0 Å². The van der Waals surface area contributed by atoms with Crippen molar-refractivity contribution < 1.29 is 13.9 Å². The summed E-state index contributed by atoms with van der Waals surface area (Å²) in [7, 11) is 0. The van der Waals surface area contributed by atoms with Crippen LogP contribution < -0.4 is 10.5 Å². The van der Waals surface area contributed by atoms with Gasteiger partial charge in [0.25, 0.3) is 0 Å². The van der Waals surface area contributed by atoms with Crippen LogP contribution in [0.25, 0.3) is 0 Å². The Morgan fingerprint density at radius 1 is 1.21 bits per heavy atom. The highest BCUT2D eigenvalue weighted by Crippen LogP contribution is 2.28. The van der Waals surface area contributed by atoms with Gasteiger partial charge in [0.15, 0.2) is 5.78 Å². The van der Waals surface area contributed by atoms with Crippen molar-refractivity contribution >= 4 is 11.5 Å². The number of Topliss-reactive ketones (excluding diaryl/α,β-unsaturated/α-hetero) is 1. The molecule has 0 radical (unpaired) electrons. The van der Waals surface area contributed by atoms with E-state index in [1.54, 1.807) is 31.2 Å². The van der Waals surface area contributed by atoms with Crippen LogP contribution in [0.5, 0.6) is 11.5 Å². The Hall–Kier alpha value is -2.36. The minimum atomic E-state index is -0.309. The summed E-state index contributed by atoms with van der Waals surface area (Å²) in [4.78, 5) is 11.3. The van der Waals surface area contributed by atoms with Gasteiger partial charge in [-0.05, 0) is 49.7 Å². The predicted octanol–water partition coefficient (Wildman–Crippen LogP) is 3.71.